The number of benzene rings is 2. The third kappa shape index (κ3) is 3.47. The largest absolute Gasteiger partial charge is 0.380 e. The quantitative estimate of drug-likeness (QED) is 0.547. The summed E-state index contributed by atoms with van der Waals surface area (Å²) >= 11 is 6.16. The van der Waals surface area contributed by atoms with Crippen LogP contribution in [-0.4, -0.2) is 22.8 Å². The first-order valence-corrected chi connectivity index (χ1v) is 8.90. The molecule has 0 aliphatic carbocycles. The van der Waals surface area contributed by atoms with Crippen molar-refractivity contribution < 1.29 is 4.74 Å². The van der Waals surface area contributed by atoms with Crippen LogP contribution in [0.2, 0.25) is 5.02 Å². The van der Waals surface area contributed by atoms with Gasteiger partial charge >= 0.3 is 0 Å². The molecule has 0 spiro atoms. The molecule has 1 heterocycles. The summed E-state index contributed by atoms with van der Waals surface area (Å²) in [4.78, 5) is 4.92. The Morgan fingerprint density at radius 3 is 2.62 bits per heavy atom. The third-order valence-corrected chi connectivity index (χ3v) is 4.56. The van der Waals surface area contributed by atoms with Crippen LogP contribution < -0.4 is 0 Å². The third-order valence-electron chi connectivity index (χ3n) is 4.33. The van der Waals surface area contributed by atoms with Crippen LogP contribution >= 0.6 is 11.6 Å². The average molecular weight is 343 g/mol. The molecular weight excluding hydrogens is 320 g/mol. The number of halogens is 1. The van der Waals surface area contributed by atoms with Gasteiger partial charge in [0, 0.05) is 24.1 Å². The van der Waals surface area contributed by atoms with Crippen molar-refractivity contribution in [2.45, 2.75) is 32.7 Å². The predicted octanol–water partition coefficient (Wildman–Crippen LogP) is 5.27. The van der Waals surface area contributed by atoms with Crippen molar-refractivity contribution in [1.29, 1.82) is 0 Å². The van der Waals surface area contributed by atoms with Crippen molar-refractivity contribution in [1.82, 2.24) is 9.55 Å². The standard InChI is InChI=1S/C20H23ClN2O/c1-3-17(15-8-6-5-7-9-15)20-22-18-14-16(21)10-11-19(18)23(20)12-13-24-4-2/h5-11,14,17H,3-4,12-13H2,1-2H3. The number of hydrogen-bond acceptors (Lipinski definition) is 2. The molecule has 24 heavy (non-hydrogen) atoms. The number of fused-ring (bicyclic) bond motifs is 1. The van der Waals surface area contributed by atoms with Crippen molar-refractivity contribution in [2.24, 2.45) is 0 Å². The van der Waals surface area contributed by atoms with E-state index in [1.54, 1.807) is 0 Å². The molecule has 1 unspecified atom stereocenters. The summed E-state index contributed by atoms with van der Waals surface area (Å²) in [6.07, 6.45) is 0.996. The second-order valence-corrected chi connectivity index (χ2v) is 6.26. The molecule has 0 bridgehead atoms. The number of ether oxygens (including phenoxy) is 1. The second-order valence-electron chi connectivity index (χ2n) is 5.82. The molecule has 2 aromatic carbocycles. The van der Waals surface area contributed by atoms with E-state index in [4.69, 9.17) is 21.3 Å². The van der Waals surface area contributed by atoms with Crippen LogP contribution in [0.5, 0.6) is 0 Å². The summed E-state index contributed by atoms with van der Waals surface area (Å²) in [6, 6.07) is 16.5. The van der Waals surface area contributed by atoms with Gasteiger partial charge in [0.15, 0.2) is 0 Å². The van der Waals surface area contributed by atoms with Gasteiger partial charge in [0.25, 0.3) is 0 Å². The average Bonchev–Trinajstić information content (AvgIpc) is 2.94. The Kier molecular flexibility index (Phi) is 5.54. The van der Waals surface area contributed by atoms with Crippen LogP contribution in [0.3, 0.4) is 0 Å². The monoisotopic (exact) mass is 342 g/mol. The van der Waals surface area contributed by atoms with Gasteiger partial charge in [-0.05, 0) is 37.1 Å². The zero-order valence-electron chi connectivity index (χ0n) is 14.2. The number of hydrogen-bond donors (Lipinski definition) is 0. The molecule has 0 saturated carbocycles. The SMILES string of the molecule is CCOCCn1c(C(CC)c2ccccc2)nc2cc(Cl)ccc21. The Labute approximate surface area is 148 Å². The predicted molar refractivity (Wildman–Crippen MR) is 99.8 cm³/mol. The van der Waals surface area contributed by atoms with Gasteiger partial charge in [-0.25, -0.2) is 4.98 Å². The minimum atomic E-state index is 0.263. The lowest BCUT2D eigenvalue weighted by molar-refractivity contribution is 0.139. The fraction of sp³-hybridized carbons (Fsp3) is 0.350. The van der Waals surface area contributed by atoms with Crippen molar-refractivity contribution in [2.75, 3.05) is 13.2 Å². The van der Waals surface area contributed by atoms with Gasteiger partial charge in [-0.15, -0.1) is 0 Å². The van der Waals surface area contributed by atoms with Crippen LogP contribution in [0, 0.1) is 0 Å². The minimum Gasteiger partial charge on any atom is -0.380 e. The van der Waals surface area contributed by atoms with E-state index in [0.717, 1.165) is 41.5 Å². The number of nitrogens with zero attached hydrogens (tertiary/aromatic N) is 2. The molecular formula is C20H23ClN2O. The second kappa shape index (κ2) is 7.82. The lowest BCUT2D eigenvalue weighted by Gasteiger charge is -2.17. The minimum absolute atomic E-state index is 0.263. The Morgan fingerprint density at radius 1 is 1.12 bits per heavy atom. The summed E-state index contributed by atoms with van der Waals surface area (Å²) in [7, 11) is 0. The van der Waals surface area contributed by atoms with Crippen molar-refractivity contribution in [3.63, 3.8) is 0 Å². The zero-order chi connectivity index (χ0) is 16.9. The molecule has 0 N–H and O–H groups in total. The highest BCUT2D eigenvalue weighted by molar-refractivity contribution is 6.31. The highest BCUT2D eigenvalue weighted by Gasteiger charge is 2.20. The van der Waals surface area contributed by atoms with E-state index in [1.807, 2.05) is 25.1 Å². The molecule has 0 amide bonds. The van der Waals surface area contributed by atoms with E-state index in [1.165, 1.54) is 5.56 Å². The molecule has 0 radical (unpaired) electrons. The number of rotatable bonds is 7. The molecule has 3 rings (SSSR count). The van der Waals surface area contributed by atoms with Gasteiger partial charge in [-0.2, -0.15) is 0 Å². The van der Waals surface area contributed by atoms with E-state index >= 15 is 0 Å². The summed E-state index contributed by atoms with van der Waals surface area (Å²) < 4.78 is 7.86. The van der Waals surface area contributed by atoms with Gasteiger partial charge in [-0.3, -0.25) is 0 Å². The summed E-state index contributed by atoms with van der Waals surface area (Å²) in [6.45, 7) is 6.43. The lowest BCUT2D eigenvalue weighted by atomic mass is 9.95. The Bertz CT molecular complexity index is 798. The molecule has 0 fully saturated rings. The van der Waals surface area contributed by atoms with Crippen LogP contribution in [0.4, 0.5) is 0 Å². The van der Waals surface area contributed by atoms with Crippen molar-refractivity contribution in [3.05, 3.63) is 64.9 Å². The maximum Gasteiger partial charge on any atom is 0.117 e. The van der Waals surface area contributed by atoms with E-state index < -0.39 is 0 Å². The smallest absolute Gasteiger partial charge is 0.117 e. The molecule has 1 atom stereocenters. The van der Waals surface area contributed by atoms with Crippen LogP contribution in [0.15, 0.2) is 48.5 Å². The molecule has 126 valence electrons. The van der Waals surface area contributed by atoms with Gasteiger partial charge < -0.3 is 9.30 Å². The first-order chi connectivity index (χ1) is 11.7. The topological polar surface area (TPSA) is 27.1 Å². The van der Waals surface area contributed by atoms with Crippen LogP contribution in [0.1, 0.15) is 37.6 Å². The Balaban J connectivity index is 2.08. The summed E-state index contributed by atoms with van der Waals surface area (Å²) in [5, 5.41) is 0.719. The van der Waals surface area contributed by atoms with Gasteiger partial charge in [-0.1, -0.05) is 48.9 Å². The number of aromatic nitrogens is 2. The van der Waals surface area contributed by atoms with Gasteiger partial charge in [0.05, 0.1) is 17.6 Å². The van der Waals surface area contributed by atoms with E-state index in [2.05, 4.69) is 41.8 Å². The Hall–Kier alpha value is -1.84. The van der Waals surface area contributed by atoms with E-state index in [9.17, 15) is 0 Å². The molecule has 1 aromatic heterocycles. The van der Waals surface area contributed by atoms with Gasteiger partial charge in [0.2, 0.25) is 0 Å². The summed E-state index contributed by atoms with van der Waals surface area (Å²) in [5.74, 6) is 1.35. The van der Waals surface area contributed by atoms with Crippen LogP contribution in [0.25, 0.3) is 11.0 Å². The van der Waals surface area contributed by atoms with Crippen molar-refractivity contribution >= 4 is 22.6 Å². The first kappa shape index (κ1) is 17.0. The van der Waals surface area contributed by atoms with Crippen LogP contribution in [-0.2, 0) is 11.3 Å². The summed E-state index contributed by atoms with van der Waals surface area (Å²) in [5.41, 5.74) is 3.35. The normalized spacial score (nSPS) is 12.6. The molecule has 4 heteroatoms. The fourth-order valence-corrected chi connectivity index (χ4v) is 3.34. The maximum atomic E-state index is 6.16. The van der Waals surface area contributed by atoms with E-state index in [-0.39, 0.29) is 5.92 Å². The fourth-order valence-electron chi connectivity index (χ4n) is 3.18. The molecule has 3 aromatic rings. The lowest BCUT2D eigenvalue weighted by Crippen LogP contribution is -2.13. The highest BCUT2D eigenvalue weighted by atomic mass is 35.5. The Morgan fingerprint density at radius 2 is 1.92 bits per heavy atom. The zero-order valence-corrected chi connectivity index (χ0v) is 15.0. The molecule has 0 saturated heterocycles. The van der Waals surface area contributed by atoms with Gasteiger partial charge in [0.1, 0.15) is 5.82 Å². The molecule has 3 nitrogen and oxygen atoms in total. The van der Waals surface area contributed by atoms with Crippen molar-refractivity contribution in [3.8, 4) is 0 Å². The highest BCUT2D eigenvalue weighted by Crippen LogP contribution is 2.31. The maximum absolute atomic E-state index is 6.16. The number of imidazole rings is 1. The first-order valence-electron chi connectivity index (χ1n) is 8.53. The molecule has 0 aliphatic heterocycles. The van der Waals surface area contributed by atoms with E-state index in [0.29, 0.717) is 6.61 Å². The molecule has 0 aliphatic rings.